The first-order valence-corrected chi connectivity index (χ1v) is 12.3. The molecule has 0 saturated heterocycles. The molecule has 0 radical (unpaired) electrons. The summed E-state index contributed by atoms with van der Waals surface area (Å²) in [5, 5.41) is 4.68. The van der Waals surface area contributed by atoms with Crippen molar-refractivity contribution in [2.75, 3.05) is 0 Å². The highest BCUT2D eigenvalue weighted by atomic mass is 35.5. The number of hydrogen-bond donors (Lipinski definition) is 1. The zero-order valence-corrected chi connectivity index (χ0v) is 20.5. The van der Waals surface area contributed by atoms with Crippen LogP contribution in [0.15, 0.2) is 42.5 Å². The van der Waals surface area contributed by atoms with Gasteiger partial charge < -0.3 is 10.2 Å². The SMILES string of the molecule is CCC(C(=O)NC1CCCCC1)N(Cc1ccc(Cl)c(Cl)c1)C(=O)Cc1ccc(Cl)cc1. The summed E-state index contributed by atoms with van der Waals surface area (Å²) in [6.45, 7) is 2.21. The van der Waals surface area contributed by atoms with Crippen LogP contribution in [0.3, 0.4) is 0 Å². The predicted octanol–water partition coefficient (Wildman–Crippen LogP) is 6.45. The number of carbonyl (C=O) groups excluding carboxylic acids is 2. The van der Waals surface area contributed by atoms with Crippen LogP contribution < -0.4 is 5.32 Å². The quantitative estimate of drug-likeness (QED) is 0.458. The molecule has 4 nitrogen and oxygen atoms in total. The van der Waals surface area contributed by atoms with Crippen LogP contribution in [-0.4, -0.2) is 28.8 Å². The van der Waals surface area contributed by atoms with E-state index in [2.05, 4.69) is 5.32 Å². The first-order valence-electron chi connectivity index (χ1n) is 11.2. The van der Waals surface area contributed by atoms with E-state index in [0.717, 1.165) is 36.8 Å². The number of nitrogens with zero attached hydrogens (tertiary/aromatic N) is 1. The molecule has 1 unspecified atom stereocenters. The molecular formula is C25H29Cl3N2O2. The molecule has 1 saturated carbocycles. The molecule has 1 atom stereocenters. The Morgan fingerprint density at radius 1 is 0.969 bits per heavy atom. The predicted molar refractivity (Wildman–Crippen MR) is 131 cm³/mol. The Morgan fingerprint density at radius 2 is 1.62 bits per heavy atom. The van der Waals surface area contributed by atoms with E-state index in [1.165, 1.54) is 6.42 Å². The van der Waals surface area contributed by atoms with Crippen molar-refractivity contribution in [3.63, 3.8) is 0 Å². The molecule has 0 bridgehead atoms. The highest BCUT2D eigenvalue weighted by Crippen LogP contribution is 2.25. The molecule has 0 heterocycles. The topological polar surface area (TPSA) is 49.4 Å². The first-order chi connectivity index (χ1) is 15.4. The number of hydrogen-bond acceptors (Lipinski definition) is 2. The van der Waals surface area contributed by atoms with Crippen LogP contribution in [0.25, 0.3) is 0 Å². The second-order valence-electron chi connectivity index (χ2n) is 8.34. The maximum atomic E-state index is 13.4. The summed E-state index contributed by atoms with van der Waals surface area (Å²) in [5.41, 5.74) is 1.67. The lowest BCUT2D eigenvalue weighted by molar-refractivity contribution is -0.141. The number of halogens is 3. The molecule has 1 N–H and O–H groups in total. The van der Waals surface area contributed by atoms with Crippen LogP contribution in [-0.2, 0) is 22.6 Å². The van der Waals surface area contributed by atoms with Gasteiger partial charge in [0.2, 0.25) is 11.8 Å². The van der Waals surface area contributed by atoms with Crippen molar-refractivity contribution in [2.24, 2.45) is 0 Å². The summed E-state index contributed by atoms with van der Waals surface area (Å²) >= 11 is 18.2. The van der Waals surface area contributed by atoms with Gasteiger partial charge in [0, 0.05) is 17.6 Å². The number of rotatable bonds is 8. The van der Waals surface area contributed by atoms with Gasteiger partial charge in [-0.3, -0.25) is 9.59 Å². The monoisotopic (exact) mass is 494 g/mol. The number of carbonyl (C=O) groups is 2. The maximum absolute atomic E-state index is 13.4. The molecule has 0 aromatic heterocycles. The minimum atomic E-state index is -0.564. The van der Waals surface area contributed by atoms with Crippen LogP contribution in [0.5, 0.6) is 0 Å². The smallest absolute Gasteiger partial charge is 0.243 e. The summed E-state index contributed by atoms with van der Waals surface area (Å²) in [4.78, 5) is 28.3. The third kappa shape index (κ3) is 6.87. The van der Waals surface area contributed by atoms with E-state index in [1.54, 1.807) is 29.2 Å². The van der Waals surface area contributed by atoms with Gasteiger partial charge in [-0.1, -0.05) is 79.2 Å². The molecule has 2 aromatic rings. The Balaban J connectivity index is 1.82. The van der Waals surface area contributed by atoms with E-state index < -0.39 is 6.04 Å². The number of nitrogens with one attached hydrogen (secondary N) is 1. The fourth-order valence-electron chi connectivity index (χ4n) is 4.18. The minimum Gasteiger partial charge on any atom is -0.352 e. The van der Waals surface area contributed by atoms with Gasteiger partial charge in [0.1, 0.15) is 6.04 Å². The van der Waals surface area contributed by atoms with Crippen LogP contribution in [0, 0.1) is 0 Å². The molecule has 2 amide bonds. The normalized spacial score (nSPS) is 15.2. The molecule has 7 heteroatoms. The zero-order valence-electron chi connectivity index (χ0n) is 18.3. The van der Waals surface area contributed by atoms with E-state index in [1.807, 2.05) is 25.1 Å². The highest BCUT2D eigenvalue weighted by molar-refractivity contribution is 6.42. The molecule has 1 aliphatic rings. The van der Waals surface area contributed by atoms with Crippen molar-refractivity contribution in [3.8, 4) is 0 Å². The van der Waals surface area contributed by atoms with Crippen molar-refractivity contribution >= 4 is 46.6 Å². The molecule has 3 rings (SSSR count). The van der Waals surface area contributed by atoms with Gasteiger partial charge in [-0.25, -0.2) is 0 Å². The molecule has 0 aliphatic heterocycles. The first kappa shape index (κ1) is 24.9. The van der Waals surface area contributed by atoms with Gasteiger partial charge in [-0.15, -0.1) is 0 Å². The summed E-state index contributed by atoms with van der Waals surface area (Å²) < 4.78 is 0. The van der Waals surface area contributed by atoms with Crippen LogP contribution in [0.4, 0.5) is 0 Å². The lowest BCUT2D eigenvalue weighted by Gasteiger charge is -2.33. The van der Waals surface area contributed by atoms with Gasteiger partial charge in [0.05, 0.1) is 16.5 Å². The molecule has 0 spiro atoms. The van der Waals surface area contributed by atoms with Gasteiger partial charge in [0.15, 0.2) is 0 Å². The molecular weight excluding hydrogens is 467 g/mol. The Morgan fingerprint density at radius 3 is 2.25 bits per heavy atom. The molecule has 1 fully saturated rings. The summed E-state index contributed by atoms with van der Waals surface area (Å²) in [7, 11) is 0. The average molecular weight is 496 g/mol. The third-order valence-electron chi connectivity index (χ3n) is 5.94. The second kappa shape index (κ2) is 11.9. The minimum absolute atomic E-state index is 0.0936. The Bertz CT molecular complexity index is 927. The van der Waals surface area contributed by atoms with Gasteiger partial charge >= 0.3 is 0 Å². The molecule has 172 valence electrons. The summed E-state index contributed by atoms with van der Waals surface area (Å²) in [6, 6.07) is 12.1. The number of amides is 2. The van der Waals surface area contributed by atoms with Gasteiger partial charge in [-0.2, -0.15) is 0 Å². The summed E-state index contributed by atoms with van der Waals surface area (Å²) in [6.07, 6.45) is 6.17. The fourth-order valence-corrected chi connectivity index (χ4v) is 4.62. The van der Waals surface area contributed by atoms with E-state index >= 15 is 0 Å². The average Bonchev–Trinajstić information content (AvgIpc) is 2.78. The van der Waals surface area contributed by atoms with Crippen LogP contribution >= 0.6 is 34.8 Å². The van der Waals surface area contributed by atoms with E-state index in [4.69, 9.17) is 34.8 Å². The van der Waals surface area contributed by atoms with Crippen molar-refractivity contribution in [1.82, 2.24) is 10.2 Å². The van der Waals surface area contributed by atoms with Crippen molar-refractivity contribution in [2.45, 2.75) is 70.5 Å². The van der Waals surface area contributed by atoms with Crippen LogP contribution in [0.2, 0.25) is 15.1 Å². The third-order valence-corrected chi connectivity index (χ3v) is 6.93. The second-order valence-corrected chi connectivity index (χ2v) is 9.59. The van der Waals surface area contributed by atoms with Gasteiger partial charge in [-0.05, 0) is 54.7 Å². The van der Waals surface area contributed by atoms with E-state index in [-0.39, 0.29) is 30.8 Å². The molecule has 2 aromatic carbocycles. The lowest BCUT2D eigenvalue weighted by Crippen LogP contribution is -2.51. The van der Waals surface area contributed by atoms with Crippen molar-refractivity contribution in [1.29, 1.82) is 0 Å². The number of benzene rings is 2. The zero-order chi connectivity index (χ0) is 23.1. The molecule has 1 aliphatic carbocycles. The standard InChI is InChI=1S/C25H29Cl3N2O2/c1-2-23(25(32)29-20-6-4-3-5-7-20)30(16-18-10-13-21(27)22(28)14-18)24(31)15-17-8-11-19(26)12-9-17/h8-14,20,23H,2-7,15-16H2,1H3,(H,29,32). The fraction of sp³-hybridized carbons (Fsp3) is 0.440. The van der Waals surface area contributed by atoms with Crippen molar-refractivity contribution < 1.29 is 9.59 Å². The van der Waals surface area contributed by atoms with Crippen molar-refractivity contribution in [3.05, 3.63) is 68.7 Å². The Kier molecular flexibility index (Phi) is 9.27. The molecule has 32 heavy (non-hydrogen) atoms. The largest absolute Gasteiger partial charge is 0.352 e. The Labute approximate surface area is 205 Å². The maximum Gasteiger partial charge on any atom is 0.243 e. The Hall–Kier alpha value is -1.75. The van der Waals surface area contributed by atoms with Gasteiger partial charge in [0.25, 0.3) is 0 Å². The van der Waals surface area contributed by atoms with E-state index in [9.17, 15) is 9.59 Å². The van der Waals surface area contributed by atoms with E-state index in [0.29, 0.717) is 21.5 Å². The summed E-state index contributed by atoms with van der Waals surface area (Å²) in [5.74, 6) is -0.215. The van der Waals surface area contributed by atoms with Crippen LogP contribution in [0.1, 0.15) is 56.6 Å². The highest BCUT2D eigenvalue weighted by Gasteiger charge is 2.30. The lowest BCUT2D eigenvalue weighted by atomic mass is 9.95.